The first-order chi connectivity index (χ1) is 16.6. The minimum atomic E-state index is -0.409. The van der Waals surface area contributed by atoms with Gasteiger partial charge in [0.05, 0.1) is 5.69 Å². The van der Waals surface area contributed by atoms with Gasteiger partial charge >= 0.3 is 6.03 Å². The van der Waals surface area contributed by atoms with E-state index >= 15 is 0 Å². The third-order valence-electron chi connectivity index (χ3n) is 5.34. The number of aromatic nitrogens is 1. The van der Waals surface area contributed by atoms with Crippen LogP contribution in [0.3, 0.4) is 0 Å². The van der Waals surface area contributed by atoms with E-state index < -0.39 is 6.03 Å². The molecule has 4 rings (SSSR count). The summed E-state index contributed by atoms with van der Waals surface area (Å²) in [7, 11) is 1.86. The number of aldehydes is 2. The monoisotopic (exact) mass is 456 g/mol. The number of amides is 2. The number of nitrogens with zero attached hydrogens (tertiary/aromatic N) is 1. The normalized spacial score (nSPS) is 10.5. The molecule has 0 aliphatic carbocycles. The number of carbonyl (C=O) groups excluding carboxylic acids is 3. The van der Waals surface area contributed by atoms with Gasteiger partial charge in [-0.2, -0.15) is 0 Å². The molecule has 0 saturated carbocycles. The lowest BCUT2D eigenvalue weighted by molar-refractivity contribution is -0.109. The number of carbonyl (C=O) groups is 3. The Morgan fingerprint density at radius 3 is 2.56 bits per heavy atom. The highest BCUT2D eigenvalue weighted by Crippen LogP contribution is 2.32. The van der Waals surface area contributed by atoms with Gasteiger partial charge in [0, 0.05) is 48.3 Å². The van der Waals surface area contributed by atoms with Crippen molar-refractivity contribution in [2.75, 3.05) is 29.2 Å². The average molecular weight is 457 g/mol. The molecule has 0 unspecified atom stereocenters. The standard InChI is InChI=1S/C26H24N4O4/c1-30(16-19-4-2-3-5-20(19)17-32)24-9-8-22(15-25(24)34-13-12-31)29-26(33)28-21-7-6-18-10-11-27-23(18)14-21/h2-12,14-15,17,27H,13,16H2,1H3,(H2,28,29,33). The van der Waals surface area contributed by atoms with Crippen molar-refractivity contribution in [3.63, 3.8) is 0 Å². The second kappa shape index (κ2) is 10.4. The Morgan fingerprint density at radius 1 is 1.00 bits per heavy atom. The van der Waals surface area contributed by atoms with Gasteiger partial charge in [0.2, 0.25) is 0 Å². The Kier molecular flexibility index (Phi) is 6.88. The number of H-pyrrole nitrogens is 1. The molecule has 2 amide bonds. The van der Waals surface area contributed by atoms with E-state index in [1.54, 1.807) is 24.3 Å². The zero-order valence-electron chi connectivity index (χ0n) is 18.6. The maximum Gasteiger partial charge on any atom is 0.323 e. The molecule has 172 valence electrons. The molecule has 8 nitrogen and oxygen atoms in total. The summed E-state index contributed by atoms with van der Waals surface area (Å²) in [5.41, 5.74) is 4.26. The molecule has 0 atom stereocenters. The highest BCUT2D eigenvalue weighted by molar-refractivity contribution is 6.01. The number of fused-ring (bicyclic) bond motifs is 1. The van der Waals surface area contributed by atoms with E-state index in [4.69, 9.17) is 4.74 Å². The van der Waals surface area contributed by atoms with Gasteiger partial charge in [-0.3, -0.25) is 9.59 Å². The molecule has 3 N–H and O–H groups in total. The summed E-state index contributed by atoms with van der Waals surface area (Å²) in [6.45, 7) is 0.332. The average Bonchev–Trinajstić information content (AvgIpc) is 3.31. The van der Waals surface area contributed by atoms with E-state index in [0.717, 1.165) is 22.8 Å². The molecule has 8 heteroatoms. The van der Waals surface area contributed by atoms with Crippen LogP contribution in [0.1, 0.15) is 15.9 Å². The van der Waals surface area contributed by atoms with Crippen molar-refractivity contribution in [3.8, 4) is 5.75 Å². The van der Waals surface area contributed by atoms with E-state index in [0.29, 0.717) is 41.2 Å². The van der Waals surface area contributed by atoms with Gasteiger partial charge < -0.3 is 25.3 Å². The van der Waals surface area contributed by atoms with Crippen LogP contribution in [0.4, 0.5) is 21.9 Å². The molecule has 34 heavy (non-hydrogen) atoms. The number of nitrogens with one attached hydrogen (secondary N) is 3. The largest absolute Gasteiger partial charge is 0.484 e. The number of benzene rings is 3. The van der Waals surface area contributed by atoms with E-state index in [1.165, 1.54) is 0 Å². The van der Waals surface area contributed by atoms with E-state index in [2.05, 4.69) is 15.6 Å². The van der Waals surface area contributed by atoms with Gasteiger partial charge in [0.15, 0.2) is 6.29 Å². The van der Waals surface area contributed by atoms with Gasteiger partial charge in [-0.1, -0.05) is 30.3 Å². The predicted molar refractivity (Wildman–Crippen MR) is 133 cm³/mol. The molecule has 3 aromatic carbocycles. The molecule has 0 aliphatic heterocycles. The van der Waals surface area contributed by atoms with Crippen LogP contribution in [0.25, 0.3) is 10.9 Å². The number of urea groups is 1. The van der Waals surface area contributed by atoms with Crippen molar-refractivity contribution in [2.45, 2.75) is 6.54 Å². The summed E-state index contributed by atoms with van der Waals surface area (Å²) in [6, 6.07) is 19.7. The van der Waals surface area contributed by atoms with Gasteiger partial charge in [-0.25, -0.2) is 4.79 Å². The Morgan fingerprint density at radius 2 is 1.76 bits per heavy atom. The maximum absolute atomic E-state index is 12.5. The number of rotatable bonds is 9. The summed E-state index contributed by atoms with van der Waals surface area (Å²) < 4.78 is 5.63. The lowest BCUT2D eigenvalue weighted by Gasteiger charge is -2.23. The number of anilines is 3. The SMILES string of the molecule is CN(Cc1ccccc1C=O)c1ccc(NC(=O)Nc2ccc3cc[nH]c3c2)cc1OCC=O. The van der Waals surface area contributed by atoms with Crippen LogP contribution in [-0.2, 0) is 11.3 Å². The minimum absolute atomic E-state index is 0.127. The van der Waals surface area contributed by atoms with Crippen molar-refractivity contribution in [3.05, 3.63) is 84.1 Å². The van der Waals surface area contributed by atoms with Crippen LogP contribution in [0.5, 0.6) is 5.75 Å². The minimum Gasteiger partial charge on any atom is -0.484 e. The van der Waals surface area contributed by atoms with Crippen LogP contribution in [0, 0.1) is 0 Å². The molecule has 0 aliphatic rings. The number of aromatic amines is 1. The van der Waals surface area contributed by atoms with Crippen LogP contribution in [0.15, 0.2) is 72.9 Å². The zero-order valence-corrected chi connectivity index (χ0v) is 18.6. The summed E-state index contributed by atoms with van der Waals surface area (Å²) in [5.74, 6) is 0.434. The molecule has 0 fully saturated rings. The molecule has 1 aromatic heterocycles. The fourth-order valence-corrected chi connectivity index (χ4v) is 3.70. The maximum atomic E-state index is 12.5. The van der Waals surface area contributed by atoms with Crippen LogP contribution >= 0.6 is 0 Å². The van der Waals surface area contributed by atoms with Gasteiger partial charge in [-0.15, -0.1) is 0 Å². The third-order valence-corrected chi connectivity index (χ3v) is 5.34. The van der Waals surface area contributed by atoms with Crippen LogP contribution in [-0.4, -0.2) is 37.2 Å². The second-order valence-electron chi connectivity index (χ2n) is 7.69. The second-order valence-corrected chi connectivity index (χ2v) is 7.69. The molecular formula is C26H24N4O4. The summed E-state index contributed by atoms with van der Waals surface area (Å²) >= 11 is 0. The Hall–Kier alpha value is -4.59. The first kappa shape index (κ1) is 22.6. The Balaban J connectivity index is 1.50. The molecule has 0 spiro atoms. The molecule has 0 radical (unpaired) electrons. The van der Waals surface area contributed by atoms with Crippen molar-refractivity contribution >= 4 is 46.6 Å². The first-order valence-corrected chi connectivity index (χ1v) is 10.7. The van der Waals surface area contributed by atoms with Gasteiger partial charge in [-0.05, 0) is 41.3 Å². The highest BCUT2D eigenvalue weighted by atomic mass is 16.5. The molecule has 0 bridgehead atoms. The zero-order chi connectivity index (χ0) is 23.9. The van der Waals surface area contributed by atoms with Crippen LogP contribution < -0.4 is 20.3 Å². The molecule has 0 saturated heterocycles. The first-order valence-electron chi connectivity index (χ1n) is 10.7. The van der Waals surface area contributed by atoms with E-state index in [9.17, 15) is 14.4 Å². The highest BCUT2D eigenvalue weighted by Gasteiger charge is 2.14. The molecular weight excluding hydrogens is 432 g/mol. The number of hydrogen-bond donors (Lipinski definition) is 3. The third kappa shape index (κ3) is 5.24. The lowest BCUT2D eigenvalue weighted by atomic mass is 10.1. The smallest absolute Gasteiger partial charge is 0.323 e. The number of ether oxygens (including phenoxy) is 1. The molecule has 1 heterocycles. The fraction of sp³-hybridized carbons (Fsp3) is 0.115. The van der Waals surface area contributed by atoms with Crippen molar-refractivity contribution < 1.29 is 19.1 Å². The van der Waals surface area contributed by atoms with Crippen LogP contribution in [0.2, 0.25) is 0 Å². The summed E-state index contributed by atoms with van der Waals surface area (Å²) in [4.78, 5) is 39.8. The van der Waals surface area contributed by atoms with Crippen molar-refractivity contribution in [1.82, 2.24) is 4.98 Å². The summed E-state index contributed by atoms with van der Waals surface area (Å²) in [5, 5.41) is 6.65. The molecule has 4 aromatic rings. The van der Waals surface area contributed by atoms with Crippen molar-refractivity contribution in [1.29, 1.82) is 0 Å². The Bertz CT molecular complexity index is 1330. The predicted octanol–water partition coefficient (Wildman–Crippen LogP) is 4.84. The van der Waals surface area contributed by atoms with Crippen molar-refractivity contribution in [2.24, 2.45) is 0 Å². The van der Waals surface area contributed by atoms with E-state index in [1.807, 2.05) is 60.6 Å². The van der Waals surface area contributed by atoms with Gasteiger partial charge in [0.25, 0.3) is 0 Å². The van der Waals surface area contributed by atoms with Gasteiger partial charge in [0.1, 0.15) is 18.6 Å². The number of hydrogen-bond acceptors (Lipinski definition) is 5. The topological polar surface area (TPSA) is 104 Å². The summed E-state index contributed by atoms with van der Waals surface area (Å²) in [6.07, 6.45) is 3.33. The lowest BCUT2D eigenvalue weighted by Crippen LogP contribution is -2.21. The fourth-order valence-electron chi connectivity index (χ4n) is 3.70. The van der Waals surface area contributed by atoms with E-state index in [-0.39, 0.29) is 6.61 Å². The Labute approximate surface area is 196 Å². The quantitative estimate of drug-likeness (QED) is 0.313.